The molecule has 0 aliphatic heterocycles. The fraction of sp³-hybridized carbons (Fsp3) is 0.900. The summed E-state index contributed by atoms with van der Waals surface area (Å²) in [6.07, 6.45) is 0.674. The van der Waals surface area contributed by atoms with Crippen molar-refractivity contribution < 1.29 is 13.7 Å². The van der Waals surface area contributed by atoms with Crippen molar-refractivity contribution >= 4 is 16.7 Å². The van der Waals surface area contributed by atoms with Crippen LogP contribution in [0.2, 0.25) is 0 Å². The summed E-state index contributed by atoms with van der Waals surface area (Å²) in [5.41, 5.74) is 5.37. The number of nitrogens with one attached hydrogen (secondary N) is 1. The fourth-order valence-electron chi connectivity index (χ4n) is 1.25. The monoisotopic (exact) mass is 250 g/mol. The summed E-state index contributed by atoms with van der Waals surface area (Å²) in [5, 5.41) is 2.69. The predicted octanol–water partition coefficient (Wildman–Crippen LogP) is -0.376. The van der Waals surface area contributed by atoms with Gasteiger partial charge in [0.15, 0.2) is 0 Å². The minimum Gasteiger partial charge on any atom is -0.383 e. The molecule has 0 aromatic rings. The van der Waals surface area contributed by atoms with Crippen LogP contribution in [0.15, 0.2) is 0 Å². The molecule has 0 saturated carbocycles. The number of carbonyl (C=O) groups is 1. The van der Waals surface area contributed by atoms with Crippen LogP contribution in [0.25, 0.3) is 0 Å². The Hall–Kier alpha value is -0.460. The zero-order chi connectivity index (χ0) is 12.6. The molecule has 0 fully saturated rings. The molecule has 6 heteroatoms. The van der Waals surface area contributed by atoms with Crippen LogP contribution >= 0.6 is 0 Å². The summed E-state index contributed by atoms with van der Waals surface area (Å²) in [4.78, 5) is 11.5. The highest BCUT2D eigenvalue weighted by Gasteiger charge is 2.15. The second-order valence-electron chi connectivity index (χ2n) is 3.84. The molecule has 16 heavy (non-hydrogen) atoms. The lowest BCUT2D eigenvalue weighted by Crippen LogP contribution is -2.39. The van der Waals surface area contributed by atoms with Gasteiger partial charge in [-0.05, 0) is 19.9 Å². The lowest BCUT2D eigenvalue weighted by molar-refractivity contribution is -0.119. The van der Waals surface area contributed by atoms with Crippen LogP contribution in [-0.2, 0) is 20.3 Å². The van der Waals surface area contributed by atoms with Crippen molar-refractivity contribution in [2.24, 2.45) is 5.73 Å². The number of methoxy groups -OCH3 is 1. The highest BCUT2D eigenvalue weighted by Crippen LogP contribution is 2.00. The minimum atomic E-state index is -1.15. The van der Waals surface area contributed by atoms with Gasteiger partial charge in [-0.2, -0.15) is 0 Å². The van der Waals surface area contributed by atoms with E-state index in [1.165, 1.54) is 0 Å². The second kappa shape index (κ2) is 8.66. The normalized spacial score (nSPS) is 16.5. The molecule has 0 spiro atoms. The van der Waals surface area contributed by atoms with Crippen LogP contribution in [0, 0.1) is 0 Å². The average molecular weight is 250 g/mol. The van der Waals surface area contributed by atoms with Crippen LogP contribution in [0.5, 0.6) is 0 Å². The molecule has 5 nitrogen and oxygen atoms in total. The van der Waals surface area contributed by atoms with Gasteiger partial charge in [-0.15, -0.1) is 0 Å². The number of carbonyl (C=O) groups excluding carboxylic acids is 1. The first-order chi connectivity index (χ1) is 7.51. The lowest BCUT2D eigenvalue weighted by atomic mass is 10.3. The maximum Gasteiger partial charge on any atom is 0.232 e. The summed E-state index contributed by atoms with van der Waals surface area (Å²) in [7, 11) is 0.426. The molecule has 0 aromatic carbocycles. The van der Waals surface area contributed by atoms with Gasteiger partial charge < -0.3 is 15.8 Å². The maximum absolute atomic E-state index is 11.6. The summed E-state index contributed by atoms with van der Waals surface area (Å²) in [6, 6.07) is -0.0562. The summed E-state index contributed by atoms with van der Waals surface area (Å²) < 4.78 is 16.5. The van der Waals surface area contributed by atoms with E-state index >= 15 is 0 Å². The van der Waals surface area contributed by atoms with Crippen molar-refractivity contribution in [3.63, 3.8) is 0 Å². The SMILES string of the molecule is COCC(C)NC(=O)CS(=O)C(C)CCN. The smallest absolute Gasteiger partial charge is 0.232 e. The van der Waals surface area contributed by atoms with Crippen LogP contribution in [0.3, 0.4) is 0 Å². The molecule has 0 bridgehead atoms. The highest BCUT2D eigenvalue weighted by molar-refractivity contribution is 7.86. The van der Waals surface area contributed by atoms with E-state index in [4.69, 9.17) is 10.5 Å². The second-order valence-corrected chi connectivity index (χ2v) is 5.69. The number of amides is 1. The van der Waals surface area contributed by atoms with Crippen molar-refractivity contribution in [1.29, 1.82) is 0 Å². The molecule has 0 radical (unpaired) electrons. The lowest BCUT2D eigenvalue weighted by Gasteiger charge is -2.14. The molecule has 0 rings (SSSR count). The Kier molecular flexibility index (Phi) is 8.42. The molecule has 0 aromatic heterocycles. The molecule has 96 valence electrons. The van der Waals surface area contributed by atoms with E-state index in [1.807, 2.05) is 13.8 Å². The molecule has 0 heterocycles. The van der Waals surface area contributed by atoms with E-state index in [1.54, 1.807) is 7.11 Å². The average Bonchev–Trinajstić information content (AvgIpc) is 2.17. The molecular formula is C10H22N2O3S. The Bertz CT molecular complexity index is 236. The first-order valence-electron chi connectivity index (χ1n) is 5.36. The van der Waals surface area contributed by atoms with Crippen LogP contribution in [-0.4, -0.2) is 47.4 Å². The summed E-state index contributed by atoms with van der Waals surface area (Å²) in [6.45, 7) is 4.63. The summed E-state index contributed by atoms with van der Waals surface area (Å²) in [5.74, 6) is -0.165. The number of hydrogen-bond donors (Lipinski definition) is 2. The van der Waals surface area contributed by atoms with Gasteiger partial charge in [0.1, 0.15) is 5.75 Å². The van der Waals surface area contributed by atoms with Crippen molar-refractivity contribution in [2.45, 2.75) is 31.6 Å². The molecule has 0 aliphatic rings. The van der Waals surface area contributed by atoms with Gasteiger partial charge in [0.05, 0.1) is 6.61 Å². The van der Waals surface area contributed by atoms with Gasteiger partial charge >= 0.3 is 0 Å². The molecule has 3 N–H and O–H groups in total. The molecule has 0 saturated heterocycles. The minimum absolute atomic E-state index is 0.0338. The molecule has 3 atom stereocenters. The third-order valence-electron chi connectivity index (χ3n) is 2.12. The van der Waals surface area contributed by atoms with Gasteiger partial charge in [0.2, 0.25) is 5.91 Å². The number of rotatable bonds is 8. The maximum atomic E-state index is 11.6. The standard InChI is InChI=1S/C10H22N2O3S/c1-8(6-15-3)12-10(13)7-16(14)9(2)4-5-11/h8-9H,4-7,11H2,1-3H3,(H,12,13). The largest absolute Gasteiger partial charge is 0.383 e. The van der Waals surface area contributed by atoms with Gasteiger partial charge in [-0.1, -0.05) is 6.92 Å². The van der Waals surface area contributed by atoms with Crippen molar-refractivity contribution in [1.82, 2.24) is 5.32 Å². The van der Waals surface area contributed by atoms with Crippen LogP contribution in [0.4, 0.5) is 0 Å². The third kappa shape index (κ3) is 6.92. The topological polar surface area (TPSA) is 81.4 Å². The van der Waals surface area contributed by atoms with Crippen LogP contribution in [0.1, 0.15) is 20.3 Å². The molecule has 0 aliphatic carbocycles. The Balaban J connectivity index is 3.90. The van der Waals surface area contributed by atoms with Crippen molar-refractivity contribution in [3.8, 4) is 0 Å². The van der Waals surface area contributed by atoms with E-state index < -0.39 is 10.8 Å². The Morgan fingerprint density at radius 1 is 1.50 bits per heavy atom. The first-order valence-corrected chi connectivity index (χ1v) is 6.75. The molecule has 3 unspecified atom stereocenters. The third-order valence-corrected chi connectivity index (χ3v) is 3.80. The number of ether oxygens (including phenoxy) is 1. The summed E-state index contributed by atoms with van der Waals surface area (Å²) >= 11 is 0. The van der Waals surface area contributed by atoms with E-state index in [-0.39, 0.29) is 23.0 Å². The van der Waals surface area contributed by atoms with E-state index in [0.717, 1.165) is 0 Å². The predicted molar refractivity (Wildman–Crippen MR) is 65.6 cm³/mol. The van der Waals surface area contributed by atoms with Gasteiger partial charge in [0, 0.05) is 29.2 Å². The highest BCUT2D eigenvalue weighted by atomic mass is 32.2. The molecular weight excluding hydrogens is 228 g/mol. The van der Waals surface area contributed by atoms with Gasteiger partial charge in [0.25, 0.3) is 0 Å². The van der Waals surface area contributed by atoms with Gasteiger partial charge in [-0.25, -0.2) is 0 Å². The van der Waals surface area contributed by atoms with Crippen molar-refractivity contribution in [3.05, 3.63) is 0 Å². The Labute approximate surface area is 99.6 Å². The zero-order valence-electron chi connectivity index (χ0n) is 10.2. The van der Waals surface area contributed by atoms with Crippen LogP contribution < -0.4 is 11.1 Å². The first kappa shape index (κ1) is 15.5. The Morgan fingerprint density at radius 2 is 2.12 bits per heavy atom. The Morgan fingerprint density at radius 3 is 2.62 bits per heavy atom. The molecule has 1 amide bonds. The zero-order valence-corrected chi connectivity index (χ0v) is 11.0. The number of hydrogen-bond acceptors (Lipinski definition) is 4. The number of nitrogens with two attached hydrogens (primary N) is 1. The van der Waals surface area contributed by atoms with E-state index in [2.05, 4.69) is 5.32 Å². The quantitative estimate of drug-likeness (QED) is 0.615. The fourth-order valence-corrected chi connectivity index (χ4v) is 2.27. The van der Waals surface area contributed by atoms with E-state index in [0.29, 0.717) is 19.6 Å². The van der Waals surface area contributed by atoms with Gasteiger partial charge in [-0.3, -0.25) is 9.00 Å². The van der Waals surface area contributed by atoms with Crippen molar-refractivity contribution in [2.75, 3.05) is 26.0 Å². The van der Waals surface area contributed by atoms with E-state index in [9.17, 15) is 9.00 Å².